The van der Waals surface area contributed by atoms with Crippen molar-refractivity contribution in [3.63, 3.8) is 0 Å². The Hall–Kier alpha value is -0.210. The SMILES string of the molecule is CCC(CC)C(Br)c1cc(Cl)ccc1OC. The molecule has 0 bridgehead atoms. The first-order chi connectivity index (χ1) is 7.63. The maximum Gasteiger partial charge on any atom is 0.123 e. The average molecular weight is 306 g/mol. The van der Waals surface area contributed by atoms with Gasteiger partial charge in [0.1, 0.15) is 5.75 Å². The van der Waals surface area contributed by atoms with Crippen molar-refractivity contribution in [2.75, 3.05) is 7.11 Å². The van der Waals surface area contributed by atoms with Crippen molar-refractivity contribution in [3.05, 3.63) is 28.8 Å². The predicted octanol–water partition coefficient (Wildman–Crippen LogP) is 5.22. The van der Waals surface area contributed by atoms with Crippen molar-refractivity contribution in [3.8, 4) is 5.75 Å². The van der Waals surface area contributed by atoms with Gasteiger partial charge in [-0.05, 0) is 24.1 Å². The molecule has 0 aliphatic heterocycles. The molecule has 0 aliphatic carbocycles. The zero-order valence-corrected chi connectivity index (χ0v) is 12.3. The highest BCUT2D eigenvalue weighted by Gasteiger charge is 2.20. The third-order valence-electron chi connectivity index (χ3n) is 2.95. The second-order valence-electron chi connectivity index (χ2n) is 3.86. The van der Waals surface area contributed by atoms with Crippen LogP contribution in [0.25, 0.3) is 0 Å². The van der Waals surface area contributed by atoms with Gasteiger partial charge in [-0.1, -0.05) is 54.2 Å². The average Bonchev–Trinajstić information content (AvgIpc) is 2.30. The molecular weight excluding hydrogens is 287 g/mol. The van der Waals surface area contributed by atoms with Crippen LogP contribution in [-0.4, -0.2) is 7.11 Å². The molecule has 1 atom stereocenters. The molecule has 0 N–H and O–H groups in total. The van der Waals surface area contributed by atoms with E-state index < -0.39 is 0 Å². The van der Waals surface area contributed by atoms with Crippen molar-refractivity contribution in [1.82, 2.24) is 0 Å². The number of hydrogen-bond acceptors (Lipinski definition) is 1. The van der Waals surface area contributed by atoms with Crippen LogP contribution in [0.15, 0.2) is 18.2 Å². The molecule has 16 heavy (non-hydrogen) atoms. The van der Waals surface area contributed by atoms with Crippen LogP contribution in [0.4, 0.5) is 0 Å². The van der Waals surface area contributed by atoms with Crippen LogP contribution in [-0.2, 0) is 0 Å². The van der Waals surface area contributed by atoms with Crippen molar-refractivity contribution >= 4 is 27.5 Å². The van der Waals surface area contributed by atoms with Gasteiger partial charge in [0.2, 0.25) is 0 Å². The molecule has 0 aliphatic rings. The third kappa shape index (κ3) is 3.14. The summed E-state index contributed by atoms with van der Waals surface area (Å²) in [5.74, 6) is 1.51. The van der Waals surface area contributed by atoms with Crippen LogP contribution < -0.4 is 4.74 Å². The summed E-state index contributed by atoms with van der Waals surface area (Å²) in [5, 5.41) is 0.756. The van der Waals surface area contributed by atoms with E-state index in [0.29, 0.717) is 10.7 Å². The van der Waals surface area contributed by atoms with Crippen molar-refractivity contribution < 1.29 is 4.74 Å². The molecule has 1 aromatic rings. The first-order valence-electron chi connectivity index (χ1n) is 5.61. The van der Waals surface area contributed by atoms with E-state index in [1.807, 2.05) is 18.2 Å². The van der Waals surface area contributed by atoms with Gasteiger partial charge in [0.05, 0.1) is 7.11 Å². The maximum absolute atomic E-state index is 6.03. The van der Waals surface area contributed by atoms with Gasteiger partial charge in [0, 0.05) is 15.4 Å². The van der Waals surface area contributed by atoms with Gasteiger partial charge in [0.15, 0.2) is 0 Å². The van der Waals surface area contributed by atoms with Gasteiger partial charge in [-0.2, -0.15) is 0 Å². The van der Waals surface area contributed by atoms with Crippen LogP contribution in [0.1, 0.15) is 37.1 Å². The van der Waals surface area contributed by atoms with E-state index in [4.69, 9.17) is 16.3 Å². The van der Waals surface area contributed by atoms with Gasteiger partial charge in [-0.15, -0.1) is 0 Å². The largest absolute Gasteiger partial charge is 0.496 e. The Morgan fingerprint density at radius 1 is 1.31 bits per heavy atom. The van der Waals surface area contributed by atoms with Gasteiger partial charge in [-0.3, -0.25) is 0 Å². The zero-order valence-electron chi connectivity index (χ0n) is 9.97. The molecule has 0 amide bonds. The summed E-state index contributed by atoms with van der Waals surface area (Å²) in [6.07, 6.45) is 2.28. The minimum atomic E-state index is 0.302. The summed E-state index contributed by atoms with van der Waals surface area (Å²) in [5.41, 5.74) is 1.14. The predicted molar refractivity (Wildman–Crippen MR) is 73.7 cm³/mol. The lowest BCUT2D eigenvalue weighted by Gasteiger charge is -2.22. The fourth-order valence-corrected chi connectivity index (χ4v) is 3.16. The van der Waals surface area contributed by atoms with E-state index in [0.717, 1.165) is 29.2 Å². The molecule has 90 valence electrons. The fraction of sp³-hybridized carbons (Fsp3) is 0.538. The summed E-state index contributed by atoms with van der Waals surface area (Å²) in [7, 11) is 1.69. The number of ether oxygens (including phenoxy) is 1. The van der Waals surface area contributed by atoms with Crippen molar-refractivity contribution in [1.29, 1.82) is 0 Å². The van der Waals surface area contributed by atoms with Crippen molar-refractivity contribution in [2.24, 2.45) is 5.92 Å². The van der Waals surface area contributed by atoms with E-state index in [-0.39, 0.29) is 0 Å². The Balaban J connectivity index is 3.04. The Bertz CT molecular complexity index is 337. The van der Waals surface area contributed by atoms with E-state index in [1.54, 1.807) is 7.11 Å². The van der Waals surface area contributed by atoms with Crippen molar-refractivity contribution in [2.45, 2.75) is 31.5 Å². The highest BCUT2D eigenvalue weighted by Crippen LogP contribution is 2.40. The summed E-state index contributed by atoms with van der Waals surface area (Å²) in [6, 6.07) is 5.77. The molecule has 0 aromatic heterocycles. The third-order valence-corrected chi connectivity index (χ3v) is 4.43. The van der Waals surface area contributed by atoms with Gasteiger partial charge in [0.25, 0.3) is 0 Å². The second-order valence-corrected chi connectivity index (χ2v) is 5.29. The number of methoxy groups -OCH3 is 1. The van der Waals surface area contributed by atoms with E-state index in [2.05, 4.69) is 29.8 Å². The summed E-state index contributed by atoms with van der Waals surface area (Å²) in [6.45, 7) is 4.42. The molecule has 0 saturated heterocycles. The van der Waals surface area contributed by atoms with E-state index >= 15 is 0 Å². The Morgan fingerprint density at radius 2 is 1.94 bits per heavy atom. The summed E-state index contributed by atoms with van der Waals surface area (Å²) in [4.78, 5) is 0.302. The number of benzene rings is 1. The molecular formula is C13H18BrClO. The van der Waals surface area contributed by atoms with Crippen LogP contribution in [0.5, 0.6) is 5.75 Å². The molecule has 0 fully saturated rings. The Labute approximate surface area is 111 Å². The number of rotatable bonds is 5. The van der Waals surface area contributed by atoms with Crippen LogP contribution in [0, 0.1) is 5.92 Å². The molecule has 1 unspecified atom stereocenters. The first-order valence-corrected chi connectivity index (χ1v) is 6.90. The topological polar surface area (TPSA) is 9.23 Å². The standard InChI is InChI=1S/C13H18BrClO/c1-4-9(5-2)13(14)11-8-10(15)6-7-12(11)16-3/h6-9,13H,4-5H2,1-3H3. The van der Waals surface area contributed by atoms with Gasteiger partial charge < -0.3 is 4.74 Å². The van der Waals surface area contributed by atoms with Crippen LogP contribution in [0.2, 0.25) is 5.02 Å². The highest BCUT2D eigenvalue weighted by molar-refractivity contribution is 9.09. The summed E-state index contributed by atoms with van der Waals surface area (Å²) < 4.78 is 5.37. The van der Waals surface area contributed by atoms with Gasteiger partial charge in [-0.25, -0.2) is 0 Å². The molecule has 1 nitrogen and oxygen atoms in total. The molecule has 0 saturated carbocycles. The molecule has 1 aromatic carbocycles. The number of alkyl halides is 1. The van der Waals surface area contributed by atoms with Crippen LogP contribution >= 0.6 is 27.5 Å². The highest BCUT2D eigenvalue weighted by atomic mass is 79.9. The smallest absolute Gasteiger partial charge is 0.123 e. The molecule has 0 heterocycles. The first kappa shape index (κ1) is 13.9. The Morgan fingerprint density at radius 3 is 2.44 bits per heavy atom. The molecule has 0 radical (unpaired) electrons. The molecule has 3 heteroatoms. The maximum atomic E-state index is 6.03. The number of halogens is 2. The second kappa shape index (κ2) is 6.51. The fourth-order valence-electron chi connectivity index (χ4n) is 1.88. The normalized spacial score (nSPS) is 12.9. The quantitative estimate of drug-likeness (QED) is 0.678. The molecule has 1 rings (SSSR count). The van der Waals surface area contributed by atoms with Crippen LogP contribution in [0.3, 0.4) is 0 Å². The lowest BCUT2D eigenvalue weighted by molar-refractivity contribution is 0.400. The lowest BCUT2D eigenvalue weighted by atomic mass is 9.94. The van der Waals surface area contributed by atoms with Gasteiger partial charge >= 0.3 is 0 Å². The Kier molecular flexibility index (Phi) is 5.63. The minimum absolute atomic E-state index is 0.302. The zero-order chi connectivity index (χ0) is 12.1. The number of hydrogen-bond donors (Lipinski definition) is 0. The van der Waals surface area contributed by atoms with E-state index in [9.17, 15) is 0 Å². The van der Waals surface area contributed by atoms with E-state index in [1.165, 1.54) is 0 Å². The minimum Gasteiger partial charge on any atom is -0.496 e. The lowest BCUT2D eigenvalue weighted by Crippen LogP contribution is -2.07. The summed E-state index contributed by atoms with van der Waals surface area (Å²) >= 11 is 9.79. The molecule has 0 spiro atoms. The monoisotopic (exact) mass is 304 g/mol.